The summed E-state index contributed by atoms with van der Waals surface area (Å²) < 4.78 is 10.5. The van der Waals surface area contributed by atoms with E-state index in [0.717, 1.165) is 16.4 Å². The second-order valence-electron chi connectivity index (χ2n) is 3.46. The van der Waals surface area contributed by atoms with Crippen molar-refractivity contribution in [1.82, 2.24) is 0 Å². The summed E-state index contributed by atoms with van der Waals surface area (Å²) in [5.74, 6) is 1.62. The lowest BCUT2D eigenvalue weighted by Gasteiger charge is -2.08. The number of hydrogen-bond acceptors (Lipinski definition) is 3. The van der Waals surface area contributed by atoms with Gasteiger partial charge in [0.25, 0.3) is 0 Å². The molecule has 0 aliphatic carbocycles. The minimum absolute atomic E-state index is 0.808. The van der Waals surface area contributed by atoms with Crippen LogP contribution in [-0.2, 0) is 0 Å². The number of ether oxygens (including phenoxy) is 2. The van der Waals surface area contributed by atoms with Crippen molar-refractivity contribution in [3.63, 3.8) is 0 Å². The molecule has 0 spiro atoms. The van der Waals surface area contributed by atoms with Crippen LogP contribution in [0.1, 0.15) is 0 Å². The number of benzene rings is 2. The Morgan fingerprint density at radius 2 is 1.35 bits per heavy atom. The predicted molar refractivity (Wildman–Crippen MR) is 70.1 cm³/mol. The second kappa shape index (κ2) is 5.64. The fourth-order valence-electron chi connectivity index (χ4n) is 1.46. The van der Waals surface area contributed by atoms with Gasteiger partial charge in [-0.3, -0.25) is 0 Å². The molecule has 0 unspecified atom stereocenters. The standard InChI is InChI=1S/C14H14O2S/c1-15-11-8-12(16-2)10-14(9-11)17-13-6-4-3-5-7-13/h3-10H,1-2H3. The van der Waals surface area contributed by atoms with E-state index in [1.165, 1.54) is 4.90 Å². The van der Waals surface area contributed by atoms with Crippen LogP contribution >= 0.6 is 11.8 Å². The van der Waals surface area contributed by atoms with Crippen LogP contribution in [-0.4, -0.2) is 14.2 Å². The molecule has 2 aromatic carbocycles. The minimum atomic E-state index is 0.808. The molecule has 0 amide bonds. The second-order valence-corrected chi connectivity index (χ2v) is 4.61. The summed E-state index contributed by atoms with van der Waals surface area (Å²) in [6.07, 6.45) is 0. The summed E-state index contributed by atoms with van der Waals surface area (Å²) in [6, 6.07) is 16.1. The first-order valence-corrected chi connectivity index (χ1v) is 6.09. The van der Waals surface area contributed by atoms with Gasteiger partial charge < -0.3 is 9.47 Å². The van der Waals surface area contributed by atoms with Crippen molar-refractivity contribution in [2.45, 2.75) is 9.79 Å². The molecule has 0 atom stereocenters. The molecule has 0 radical (unpaired) electrons. The Morgan fingerprint density at radius 3 is 1.88 bits per heavy atom. The Hall–Kier alpha value is -1.61. The highest BCUT2D eigenvalue weighted by Crippen LogP contribution is 2.33. The molecule has 0 aliphatic heterocycles. The normalized spacial score (nSPS) is 10.0. The summed E-state index contributed by atoms with van der Waals surface area (Å²) in [7, 11) is 3.32. The zero-order chi connectivity index (χ0) is 12.1. The Labute approximate surface area is 106 Å². The lowest BCUT2D eigenvalue weighted by molar-refractivity contribution is 0.392. The van der Waals surface area contributed by atoms with Crippen LogP contribution < -0.4 is 9.47 Å². The van der Waals surface area contributed by atoms with Gasteiger partial charge in [0.2, 0.25) is 0 Å². The van der Waals surface area contributed by atoms with Gasteiger partial charge in [0.15, 0.2) is 0 Å². The topological polar surface area (TPSA) is 18.5 Å². The molecule has 0 saturated heterocycles. The largest absolute Gasteiger partial charge is 0.497 e. The van der Waals surface area contributed by atoms with Crippen LogP contribution in [0.4, 0.5) is 0 Å². The van der Waals surface area contributed by atoms with Crippen molar-refractivity contribution in [3.8, 4) is 11.5 Å². The molecule has 0 aromatic heterocycles. The van der Waals surface area contributed by atoms with Gasteiger partial charge in [0.1, 0.15) is 11.5 Å². The van der Waals surface area contributed by atoms with Gasteiger partial charge in [0.05, 0.1) is 14.2 Å². The molecule has 17 heavy (non-hydrogen) atoms. The third-order valence-electron chi connectivity index (χ3n) is 2.30. The lowest BCUT2D eigenvalue weighted by Crippen LogP contribution is -1.87. The predicted octanol–water partition coefficient (Wildman–Crippen LogP) is 3.86. The highest BCUT2D eigenvalue weighted by Gasteiger charge is 2.03. The van der Waals surface area contributed by atoms with Crippen molar-refractivity contribution < 1.29 is 9.47 Å². The van der Waals surface area contributed by atoms with E-state index in [2.05, 4.69) is 12.1 Å². The summed E-state index contributed by atoms with van der Waals surface area (Å²) in [5, 5.41) is 0. The Morgan fingerprint density at radius 1 is 0.765 bits per heavy atom. The fourth-order valence-corrected chi connectivity index (χ4v) is 2.38. The molecule has 0 fully saturated rings. The maximum Gasteiger partial charge on any atom is 0.123 e. The van der Waals surface area contributed by atoms with Crippen LogP contribution in [0, 0.1) is 0 Å². The average Bonchev–Trinajstić information content (AvgIpc) is 2.39. The number of rotatable bonds is 4. The van der Waals surface area contributed by atoms with Gasteiger partial charge in [-0.1, -0.05) is 30.0 Å². The first-order chi connectivity index (χ1) is 8.31. The van der Waals surface area contributed by atoms with Crippen molar-refractivity contribution in [2.75, 3.05) is 14.2 Å². The van der Waals surface area contributed by atoms with E-state index >= 15 is 0 Å². The fraction of sp³-hybridized carbons (Fsp3) is 0.143. The van der Waals surface area contributed by atoms with Gasteiger partial charge in [-0.15, -0.1) is 0 Å². The molecule has 2 rings (SSSR count). The molecule has 0 heterocycles. The van der Waals surface area contributed by atoms with Gasteiger partial charge in [-0.25, -0.2) is 0 Å². The Bertz CT molecular complexity index is 461. The first kappa shape index (κ1) is 11.9. The van der Waals surface area contributed by atoms with Crippen molar-refractivity contribution in [3.05, 3.63) is 48.5 Å². The van der Waals surface area contributed by atoms with E-state index in [-0.39, 0.29) is 0 Å². The van der Waals surface area contributed by atoms with Gasteiger partial charge in [-0.2, -0.15) is 0 Å². The summed E-state index contributed by atoms with van der Waals surface area (Å²) >= 11 is 1.69. The van der Waals surface area contributed by atoms with Crippen LogP contribution in [0.3, 0.4) is 0 Å². The van der Waals surface area contributed by atoms with Crippen LogP contribution in [0.15, 0.2) is 58.3 Å². The van der Waals surface area contributed by atoms with Crippen LogP contribution in [0.2, 0.25) is 0 Å². The van der Waals surface area contributed by atoms with E-state index in [0.29, 0.717) is 0 Å². The molecule has 2 aromatic rings. The molecule has 0 saturated carbocycles. The zero-order valence-corrected chi connectivity index (χ0v) is 10.7. The summed E-state index contributed by atoms with van der Waals surface area (Å²) in [6.45, 7) is 0. The molecular weight excluding hydrogens is 232 g/mol. The molecule has 0 bridgehead atoms. The van der Waals surface area contributed by atoms with Gasteiger partial charge in [-0.05, 0) is 24.3 Å². The van der Waals surface area contributed by atoms with E-state index < -0.39 is 0 Å². The molecule has 88 valence electrons. The maximum absolute atomic E-state index is 5.24. The highest BCUT2D eigenvalue weighted by molar-refractivity contribution is 7.99. The highest BCUT2D eigenvalue weighted by atomic mass is 32.2. The average molecular weight is 246 g/mol. The summed E-state index contributed by atoms with van der Waals surface area (Å²) in [4.78, 5) is 2.30. The Balaban J connectivity index is 2.26. The third kappa shape index (κ3) is 3.17. The van der Waals surface area contributed by atoms with Crippen molar-refractivity contribution in [1.29, 1.82) is 0 Å². The summed E-state index contributed by atoms with van der Waals surface area (Å²) in [5.41, 5.74) is 0. The van der Waals surface area contributed by atoms with Crippen molar-refractivity contribution >= 4 is 11.8 Å². The van der Waals surface area contributed by atoms with Crippen LogP contribution in [0.5, 0.6) is 11.5 Å². The molecule has 0 N–H and O–H groups in total. The number of methoxy groups -OCH3 is 2. The van der Waals surface area contributed by atoms with Gasteiger partial charge >= 0.3 is 0 Å². The first-order valence-electron chi connectivity index (χ1n) is 5.28. The molecule has 3 heteroatoms. The van der Waals surface area contributed by atoms with Crippen molar-refractivity contribution in [2.24, 2.45) is 0 Å². The third-order valence-corrected chi connectivity index (χ3v) is 3.28. The van der Waals surface area contributed by atoms with E-state index in [1.807, 2.05) is 36.4 Å². The smallest absolute Gasteiger partial charge is 0.123 e. The molecule has 0 aliphatic rings. The zero-order valence-electron chi connectivity index (χ0n) is 9.84. The monoisotopic (exact) mass is 246 g/mol. The lowest BCUT2D eigenvalue weighted by atomic mass is 10.3. The Kier molecular flexibility index (Phi) is 3.94. The molecular formula is C14H14O2S. The maximum atomic E-state index is 5.24. The number of hydrogen-bond donors (Lipinski definition) is 0. The SMILES string of the molecule is COc1cc(OC)cc(Sc2ccccc2)c1. The van der Waals surface area contributed by atoms with Gasteiger partial charge in [0, 0.05) is 15.9 Å². The van der Waals surface area contributed by atoms with E-state index in [1.54, 1.807) is 26.0 Å². The van der Waals surface area contributed by atoms with Crippen LogP contribution in [0.25, 0.3) is 0 Å². The van der Waals surface area contributed by atoms with E-state index in [4.69, 9.17) is 9.47 Å². The quantitative estimate of drug-likeness (QED) is 0.816. The molecule has 2 nitrogen and oxygen atoms in total. The minimum Gasteiger partial charge on any atom is -0.497 e. The van der Waals surface area contributed by atoms with E-state index in [9.17, 15) is 0 Å².